The molecule has 7 heteroatoms. The first-order valence-electron chi connectivity index (χ1n) is 6.83. The van der Waals surface area contributed by atoms with Gasteiger partial charge < -0.3 is 15.4 Å². The number of carbonyl (C=O) groups excluding carboxylic acids is 1. The van der Waals surface area contributed by atoms with E-state index in [9.17, 15) is 4.79 Å². The van der Waals surface area contributed by atoms with Gasteiger partial charge in [0.2, 0.25) is 0 Å². The number of benzene rings is 1. The van der Waals surface area contributed by atoms with Gasteiger partial charge in [0, 0.05) is 42.0 Å². The van der Waals surface area contributed by atoms with Gasteiger partial charge in [-0.2, -0.15) is 5.10 Å². The molecule has 1 aromatic carbocycles. The summed E-state index contributed by atoms with van der Waals surface area (Å²) in [4.78, 5) is 11.9. The Morgan fingerprint density at radius 3 is 2.59 bits per heavy atom. The standard InChI is InChI=1S/C15H19ClN4O2/c1-10-12(9-19-20(10)2)8-18-15(21)17-7-11-4-5-13(16)6-14(11)22-3/h4-6,9H,7-8H2,1-3H3,(H2,17,18,21). The van der Waals surface area contributed by atoms with Gasteiger partial charge in [0.1, 0.15) is 5.75 Å². The van der Waals surface area contributed by atoms with Crippen LogP contribution in [-0.4, -0.2) is 22.9 Å². The van der Waals surface area contributed by atoms with Crippen molar-refractivity contribution in [2.75, 3.05) is 7.11 Å². The zero-order valence-electron chi connectivity index (χ0n) is 12.8. The summed E-state index contributed by atoms with van der Waals surface area (Å²) in [6.45, 7) is 2.75. The maximum absolute atomic E-state index is 11.9. The Balaban J connectivity index is 1.87. The molecule has 0 atom stereocenters. The number of ether oxygens (including phenoxy) is 1. The topological polar surface area (TPSA) is 68.2 Å². The van der Waals surface area contributed by atoms with Gasteiger partial charge in [0.05, 0.1) is 13.3 Å². The Hall–Kier alpha value is -2.21. The molecule has 22 heavy (non-hydrogen) atoms. The molecule has 2 amide bonds. The lowest BCUT2D eigenvalue weighted by atomic mass is 10.2. The van der Waals surface area contributed by atoms with Crippen LogP contribution in [0.15, 0.2) is 24.4 Å². The van der Waals surface area contributed by atoms with E-state index < -0.39 is 0 Å². The van der Waals surface area contributed by atoms with Crippen LogP contribution in [0.4, 0.5) is 4.79 Å². The molecule has 2 N–H and O–H groups in total. The molecule has 6 nitrogen and oxygen atoms in total. The molecule has 1 aromatic heterocycles. The molecule has 2 rings (SSSR count). The minimum atomic E-state index is -0.250. The third kappa shape index (κ3) is 3.92. The molecule has 0 spiro atoms. The van der Waals surface area contributed by atoms with Crippen molar-refractivity contribution in [3.63, 3.8) is 0 Å². The predicted molar refractivity (Wildman–Crippen MR) is 85.0 cm³/mol. The first-order chi connectivity index (χ1) is 10.5. The van der Waals surface area contributed by atoms with E-state index >= 15 is 0 Å². The monoisotopic (exact) mass is 322 g/mol. The Kier molecular flexibility index (Phi) is 5.27. The maximum Gasteiger partial charge on any atom is 0.315 e. The third-order valence-electron chi connectivity index (χ3n) is 3.46. The SMILES string of the molecule is COc1cc(Cl)ccc1CNC(=O)NCc1cnn(C)c1C. The summed E-state index contributed by atoms with van der Waals surface area (Å²) in [5, 5.41) is 10.3. The summed E-state index contributed by atoms with van der Waals surface area (Å²) >= 11 is 5.91. The summed E-state index contributed by atoms with van der Waals surface area (Å²) in [7, 11) is 3.44. The van der Waals surface area contributed by atoms with Crippen molar-refractivity contribution in [1.82, 2.24) is 20.4 Å². The number of aryl methyl sites for hydroxylation is 1. The molecular formula is C15H19ClN4O2. The minimum Gasteiger partial charge on any atom is -0.496 e. The number of aromatic nitrogens is 2. The smallest absolute Gasteiger partial charge is 0.315 e. The molecule has 0 aliphatic rings. The van der Waals surface area contributed by atoms with E-state index in [2.05, 4.69) is 15.7 Å². The van der Waals surface area contributed by atoms with Gasteiger partial charge in [-0.1, -0.05) is 17.7 Å². The summed E-state index contributed by atoms with van der Waals surface area (Å²) in [5.74, 6) is 0.649. The Morgan fingerprint density at radius 2 is 2.00 bits per heavy atom. The van der Waals surface area contributed by atoms with Gasteiger partial charge in [-0.15, -0.1) is 0 Å². The van der Waals surface area contributed by atoms with E-state index in [-0.39, 0.29) is 6.03 Å². The van der Waals surface area contributed by atoms with Crippen molar-refractivity contribution in [3.8, 4) is 5.75 Å². The highest BCUT2D eigenvalue weighted by molar-refractivity contribution is 6.30. The zero-order valence-corrected chi connectivity index (χ0v) is 13.6. The molecule has 0 unspecified atom stereocenters. The quantitative estimate of drug-likeness (QED) is 0.888. The highest BCUT2D eigenvalue weighted by Crippen LogP contribution is 2.22. The number of carbonyl (C=O) groups is 1. The van der Waals surface area contributed by atoms with E-state index in [0.717, 1.165) is 16.8 Å². The van der Waals surface area contributed by atoms with E-state index in [0.29, 0.717) is 23.9 Å². The highest BCUT2D eigenvalue weighted by Gasteiger charge is 2.08. The van der Waals surface area contributed by atoms with Crippen molar-refractivity contribution < 1.29 is 9.53 Å². The van der Waals surface area contributed by atoms with E-state index in [1.165, 1.54) is 0 Å². The molecule has 0 aliphatic carbocycles. The number of methoxy groups -OCH3 is 1. The zero-order chi connectivity index (χ0) is 16.1. The molecule has 0 saturated carbocycles. The fraction of sp³-hybridized carbons (Fsp3) is 0.333. The normalized spacial score (nSPS) is 10.4. The second-order valence-electron chi connectivity index (χ2n) is 4.87. The Labute approximate surface area is 134 Å². The van der Waals surface area contributed by atoms with Crippen LogP contribution < -0.4 is 15.4 Å². The number of halogens is 1. The molecule has 118 valence electrons. The van der Waals surface area contributed by atoms with E-state index in [1.54, 1.807) is 30.1 Å². The van der Waals surface area contributed by atoms with Gasteiger partial charge in [-0.05, 0) is 19.1 Å². The largest absolute Gasteiger partial charge is 0.496 e. The Morgan fingerprint density at radius 1 is 1.32 bits per heavy atom. The lowest BCUT2D eigenvalue weighted by Crippen LogP contribution is -2.34. The number of hydrogen-bond donors (Lipinski definition) is 2. The van der Waals surface area contributed by atoms with Gasteiger partial charge in [-0.3, -0.25) is 4.68 Å². The fourth-order valence-corrected chi connectivity index (χ4v) is 2.16. The van der Waals surface area contributed by atoms with Crippen LogP contribution in [0.3, 0.4) is 0 Å². The molecule has 0 fully saturated rings. The lowest BCUT2D eigenvalue weighted by molar-refractivity contribution is 0.240. The molecule has 1 heterocycles. The van der Waals surface area contributed by atoms with Gasteiger partial charge in [0.25, 0.3) is 0 Å². The molecule has 0 bridgehead atoms. The summed E-state index contributed by atoms with van der Waals surface area (Å²) in [6, 6.07) is 5.06. The van der Waals surface area contributed by atoms with Crippen LogP contribution in [0.5, 0.6) is 5.75 Å². The molecule has 0 radical (unpaired) electrons. The summed E-state index contributed by atoms with van der Waals surface area (Å²) < 4.78 is 7.01. The number of rotatable bonds is 5. The van der Waals surface area contributed by atoms with Crippen LogP contribution in [0.25, 0.3) is 0 Å². The molecule has 0 saturated heterocycles. The lowest BCUT2D eigenvalue weighted by Gasteiger charge is -2.11. The second-order valence-corrected chi connectivity index (χ2v) is 5.31. The van der Waals surface area contributed by atoms with Crippen LogP contribution in [0.2, 0.25) is 5.02 Å². The summed E-state index contributed by atoms with van der Waals surface area (Å²) in [5.41, 5.74) is 2.88. The van der Waals surface area contributed by atoms with Gasteiger partial charge in [-0.25, -0.2) is 4.79 Å². The average molecular weight is 323 g/mol. The number of urea groups is 1. The van der Waals surface area contributed by atoms with Crippen LogP contribution in [-0.2, 0) is 20.1 Å². The number of amides is 2. The first-order valence-corrected chi connectivity index (χ1v) is 7.20. The van der Waals surface area contributed by atoms with E-state index in [1.807, 2.05) is 20.0 Å². The van der Waals surface area contributed by atoms with Crippen LogP contribution in [0.1, 0.15) is 16.8 Å². The molecule has 2 aromatic rings. The fourth-order valence-electron chi connectivity index (χ4n) is 2.00. The van der Waals surface area contributed by atoms with E-state index in [4.69, 9.17) is 16.3 Å². The number of nitrogens with one attached hydrogen (secondary N) is 2. The van der Waals surface area contributed by atoms with Gasteiger partial charge in [0.15, 0.2) is 0 Å². The van der Waals surface area contributed by atoms with Crippen LogP contribution >= 0.6 is 11.6 Å². The first kappa shape index (κ1) is 16.2. The van der Waals surface area contributed by atoms with Gasteiger partial charge >= 0.3 is 6.03 Å². The molecular weight excluding hydrogens is 304 g/mol. The number of nitrogens with zero attached hydrogens (tertiary/aromatic N) is 2. The molecule has 0 aliphatic heterocycles. The van der Waals surface area contributed by atoms with Crippen molar-refractivity contribution >= 4 is 17.6 Å². The van der Waals surface area contributed by atoms with Crippen molar-refractivity contribution in [2.24, 2.45) is 7.05 Å². The predicted octanol–water partition coefficient (Wildman–Crippen LogP) is 2.39. The highest BCUT2D eigenvalue weighted by atomic mass is 35.5. The van der Waals surface area contributed by atoms with Crippen molar-refractivity contribution in [2.45, 2.75) is 20.0 Å². The second kappa shape index (κ2) is 7.17. The third-order valence-corrected chi connectivity index (χ3v) is 3.70. The average Bonchev–Trinajstić information content (AvgIpc) is 2.83. The Bertz CT molecular complexity index is 670. The summed E-state index contributed by atoms with van der Waals surface area (Å²) in [6.07, 6.45) is 1.75. The number of hydrogen-bond acceptors (Lipinski definition) is 3. The van der Waals surface area contributed by atoms with Crippen LogP contribution in [0, 0.1) is 6.92 Å². The maximum atomic E-state index is 11.9. The van der Waals surface area contributed by atoms with Crippen molar-refractivity contribution in [1.29, 1.82) is 0 Å². The van der Waals surface area contributed by atoms with Crippen molar-refractivity contribution in [3.05, 3.63) is 46.2 Å². The minimum absolute atomic E-state index is 0.250.